The molecule has 0 atom stereocenters. The van der Waals surface area contributed by atoms with E-state index >= 15 is 0 Å². The van der Waals surface area contributed by atoms with E-state index in [1.807, 2.05) is 0 Å². The Morgan fingerprint density at radius 2 is 1.75 bits per heavy atom. The van der Waals surface area contributed by atoms with Gasteiger partial charge in [-0.05, 0) is 32.0 Å². The van der Waals surface area contributed by atoms with E-state index in [2.05, 4.69) is 10.9 Å². The fraction of sp³-hybridized carbons (Fsp3) is 0.250. The van der Waals surface area contributed by atoms with Crippen LogP contribution in [0.5, 0.6) is 0 Å². The minimum absolute atomic E-state index is 0.159. The highest BCUT2D eigenvalue weighted by molar-refractivity contribution is 7.91. The van der Waals surface area contributed by atoms with E-state index in [1.54, 1.807) is 38.1 Å². The Hall–Kier alpha value is -2.61. The van der Waals surface area contributed by atoms with Crippen LogP contribution in [0.2, 0.25) is 0 Å². The number of amides is 2. The first kappa shape index (κ1) is 17.7. The molecule has 0 aliphatic heterocycles. The van der Waals surface area contributed by atoms with Gasteiger partial charge in [0.1, 0.15) is 11.5 Å². The molecule has 2 N–H and O–H groups in total. The number of carbonyl (C=O) groups excluding carboxylic acids is 2. The largest absolute Gasteiger partial charge is 0.466 e. The maximum absolute atomic E-state index is 12.1. The summed E-state index contributed by atoms with van der Waals surface area (Å²) in [5.74, 6) is -0.448. The summed E-state index contributed by atoms with van der Waals surface area (Å²) >= 11 is 0. The molecule has 2 rings (SSSR count). The van der Waals surface area contributed by atoms with Crippen LogP contribution in [-0.4, -0.2) is 26.0 Å². The van der Waals surface area contributed by atoms with Gasteiger partial charge in [0.15, 0.2) is 9.84 Å². The monoisotopic (exact) mass is 350 g/mol. The standard InChI is InChI=1S/C16H18N2O5S/c1-11-10-14(12(2)23-11)16(20)18-17-15(19)8-9-24(21,22)13-6-4-3-5-7-13/h3-7,10H,8-9H2,1-2H3,(H,17,19)(H,18,20). The van der Waals surface area contributed by atoms with Crippen LogP contribution in [0.3, 0.4) is 0 Å². The first-order valence-electron chi connectivity index (χ1n) is 7.23. The predicted octanol–water partition coefficient (Wildman–Crippen LogP) is 1.52. The van der Waals surface area contributed by atoms with Crippen LogP contribution in [0.1, 0.15) is 28.3 Å². The molecule has 0 unspecified atom stereocenters. The molecule has 1 aromatic heterocycles. The number of sulfone groups is 1. The Bertz CT molecular complexity index is 841. The Kier molecular flexibility index (Phi) is 5.40. The minimum Gasteiger partial charge on any atom is -0.466 e. The zero-order valence-corrected chi connectivity index (χ0v) is 14.1. The molecule has 1 aromatic carbocycles. The zero-order valence-electron chi connectivity index (χ0n) is 13.3. The Balaban J connectivity index is 1.86. The highest BCUT2D eigenvalue weighted by Gasteiger charge is 2.17. The van der Waals surface area contributed by atoms with Gasteiger partial charge in [0.05, 0.1) is 16.2 Å². The summed E-state index contributed by atoms with van der Waals surface area (Å²) < 4.78 is 29.4. The number of nitrogens with one attached hydrogen (secondary N) is 2. The topological polar surface area (TPSA) is 105 Å². The van der Waals surface area contributed by atoms with Gasteiger partial charge in [-0.2, -0.15) is 0 Å². The molecule has 0 radical (unpaired) electrons. The van der Waals surface area contributed by atoms with Gasteiger partial charge in [-0.1, -0.05) is 18.2 Å². The van der Waals surface area contributed by atoms with E-state index in [9.17, 15) is 18.0 Å². The van der Waals surface area contributed by atoms with Crippen molar-refractivity contribution in [2.24, 2.45) is 0 Å². The second kappa shape index (κ2) is 7.31. The molecule has 0 fully saturated rings. The number of furan rings is 1. The molecule has 1 heterocycles. The number of hydrogen-bond acceptors (Lipinski definition) is 5. The fourth-order valence-electron chi connectivity index (χ4n) is 2.09. The number of hydrazine groups is 1. The molecule has 0 aliphatic carbocycles. The van der Waals surface area contributed by atoms with Crippen LogP contribution in [0, 0.1) is 13.8 Å². The Morgan fingerprint density at radius 1 is 1.08 bits per heavy atom. The van der Waals surface area contributed by atoms with Crippen molar-refractivity contribution in [1.82, 2.24) is 10.9 Å². The Labute approximate surface area is 139 Å². The predicted molar refractivity (Wildman–Crippen MR) is 86.9 cm³/mol. The van der Waals surface area contributed by atoms with Crippen LogP contribution < -0.4 is 10.9 Å². The SMILES string of the molecule is Cc1cc(C(=O)NNC(=O)CCS(=O)(=O)c2ccccc2)c(C)o1. The van der Waals surface area contributed by atoms with E-state index < -0.39 is 21.7 Å². The molecule has 0 saturated carbocycles. The zero-order chi connectivity index (χ0) is 17.7. The third kappa shape index (κ3) is 4.45. The molecule has 0 saturated heterocycles. The highest BCUT2D eigenvalue weighted by atomic mass is 32.2. The van der Waals surface area contributed by atoms with Crippen molar-refractivity contribution >= 4 is 21.7 Å². The van der Waals surface area contributed by atoms with Gasteiger partial charge >= 0.3 is 0 Å². The number of hydrogen-bond donors (Lipinski definition) is 2. The van der Waals surface area contributed by atoms with Gasteiger partial charge in [0, 0.05) is 6.42 Å². The highest BCUT2D eigenvalue weighted by Crippen LogP contribution is 2.13. The molecule has 0 bridgehead atoms. The van der Waals surface area contributed by atoms with Gasteiger partial charge < -0.3 is 4.42 Å². The van der Waals surface area contributed by atoms with Crippen molar-refractivity contribution in [1.29, 1.82) is 0 Å². The van der Waals surface area contributed by atoms with Gasteiger partial charge in [0.25, 0.3) is 5.91 Å². The maximum Gasteiger partial charge on any atom is 0.273 e. The van der Waals surface area contributed by atoms with Crippen molar-refractivity contribution in [2.75, 3.05) is 5.75 Å². The van der Waals surface area contributed by atoms with Crippen LogP contribution in [0.15, 0.2) is 45.7 Å². The van der Waals surface area contributed by atoms with Gasteiger partial charge in [-0.15, -0.1) is 0 Å². The van der Waals surface area contributed by atoms with E-state index in [0.717, 1.165) is 0 Å². The third-order valence-corrected chi connectivity index (χ3v) is 5.03. The lowest BCUT2D eigenvalue weighted by Gasteiger charge is -2.07. The maximum atomic E-state index is 12.1. The minimum atomic E-state index is -3.54. The van der Waals surface area contributed by atoms with E-state index in [-0.39, 0.29) is 17.1 Å². The van der Waals surface area contributed by atoms with Crippen molar-refractivity contribution in [3.05, 3.63) is 53.5 Å². The molecule has 0 spiro atoms. The van der Waals surface area contributed by atoms with Gasteiger partial charge in [-0.25, -0.2) is 8.42 Å². The Morgan fingerprint density at radius 3 is 2.33 bits per heavy atom. The molecule has 24 heavy (non-hydrogen) atoms. The van der Waals surface area contributed by atoms with Crippen molar-refractivity contribution in [3.63, 3.8) is 0 Å². The summed E-state index contributed by atoms with van der Waals surface area (Å²) in [5, 5.41) is 0. The summed E-state index contributed by atoms with van der Waals surface area (Å²) in [6.45, 7) is 3.34. The summed E-state index contributed by atoms with van der Waals surface area (Å²) in [4.78, 5) is 23.8. The average Bonchev–Trinajstić information content (AvgIpc) is 2.90. The van der Waals surface area contributed by atoms with Gasteiger partial charge in [-0.3, -0.25) is 20.4 Å². The molecule has 2 aromatic rings. The normalized spacial score (nSPS) is 11.1. The molecule has 128 valence electrons. The molecular weight excluding hydrogens is 332 g/mol. The summed E-state index contributed by atoms with van der Waals surface area (Å²) in [6, 6.07) is 9.43. The van der Waals surface area contributed by atoms with E-state index in [1.165, 1.54) is 12.1 Å². The number of carbonyl (C=O) groups is 2. The fourth-order valence-corrected chi connectivity index (χ4v) is 3.35. The first-order chi connectivity index (χ1) is 11.3. The molecule has 8 heteroatoms. The third-order valence-electron chi connectivity index (χ3n) is 3.30. The smallest absolute Gasteiger partial charge is 0.273 e. The first-order valence-corrected chi connectivity index (χ1v) is 8.89. The van der Waals surface area contributed by atoms with Crippen LogP contribution in [-0.2, 0) is 14.6 Å². The summed E-state index contributed by atoms with van der Waals surface area (Å²) in [7, 11) is -3.54. The van der Waals surface area contributed by atoms with E-state index in [0.29, 0.717) is 17.1 Å². The van der Waals surface area contributed by atoms with Crippen molar-refractivity contribution in [2.45, 2.75) is 25.2 Å². The summed E-state index contributed by atoms with van der Waals surface area (Å²) in [5.41, 5.74) is 4.74. The molecule has 2 amide bonds. The van der Waals surface area contributed by atoms with Crippen LogP contribution >= 0.6 is 0 Å². The average molecular weight is 350 g/mol. The second-order valence-corrected chi connectivity index (χ2v) is 7.32. The quantitative estimate of drug-likeness (QED) is 0.796. The molecule has 7 nitrogen and oxygen atoms in total. The molecular formula is C16H18N2O5S. The van der Waals surface area contributed by atoms with Crippen LogP contribution in [0.4, 0.5) is 0 Å². The second-order valence-electron chi connectivity index (χ2n) is 5.21. The van der Waals surface area contributed by atoms with E-state index in [4.69, 9.17) is 4.42 Å². The summed E-state index contributed by atoms with van der Waals surface area (Å²) in [6.07, 6.45) is -0.263. The van der Waals surface area contributed by atoms with Gasteiger partial charge in [0.2, 0.25) is 5.91 Å². The van der Waals surface area contributed by atoms with Crippen molar-refractivity contribution < 1.29 is 22.4 Å². The number of aryl methyl sites for hydroxylation is 2. The number of rotatable bonds is 5. The lowest BCUT2D eigenvalue weighted by molar-refractivity contribution is -0.121. The molecule has 0 aliphatic rings. The van der Waals surface area contributed by atoms with Crippen molar-refractivity contribution in [3.8, 4) is 0 Å². The number of benzene rings is 1. The lowest BCUT2D eigenvalue weighted by Crippen LogP contribution is -2.42. The van der Waals surface area contributed by atoms with Crippen LogP contribution in [0.25, 0.3) is 0 Å². The lowest BCUT2D eigenvalue weighted by atomic mass is 10.2.